The van der Waals surface area contributed by atoms with Crippen molar-refractivity contribution in [3.63, 3.8) is 0 Å². The zero-order valence-electron chi connectivity index (χ0n) is 12.3. The molecule has 1 aromatic rings. The second kappa shape index (κ2) is 6.02. The Bertz CT molecular complexity index is 523. The zero-order valence-corrected chi connectivity index (χ0v) is 12.3. The summed E-state index contributed by atoms with van der Waals surface area (Å²) in [6.45, 7) is 2.98. The maximum absolute atomic E-state index is 12.9. The minimum absolute atomic E-state index is 0.124. The summed E-state index contributed by atoms with van der Waals surface area (Å²) in [5.41, 5.74) is 5.04. The molecule has 0 atom stereocenters. The van der Waals surface area contributed by atoms with Crippen molar-refractivity contribution in [1.82, 2.24) is 14.9 Å². The fourth-order valence-electron chi connectivity index (χ4n) is 2.53. The fraction of sp³-hybridized carbons (Fsp3) is 0.643. The van der Waals surface area contributed by atoms with E-state index in [9.17, 15) is 8.78 Å². The number of hydrogen-bond acceptors (Lipinski definition) is 4. The Labute approximate surface area is 128 Å². The lowest BCUT2D eigenvalue weighted by Crippen LogP contribution is -2.51. The number of anilines is 1. The summed E-state index contributed by atoms with van der Waals surface area (Å²) in [5.74, 6) is 1.06. The first-order chi connectivity index (χ1) is 10.6. The van der Waals surface area contributed by atoms with Crippen molar-refractivity contribution in [2.24, 2.45) is 16.1 Å². The Morgan fingerprint density at radius 2 is 1.86 bits per heavy atom. The predicted molar refractivity (Wildman–Crippen MR) is 80.0 cm³/mol. The average Bonchev–Trinajstić information content (AvgIpc) is 3.35. The van der Waals surface area contributed by atoms with E-state index in [2.05, 4.69) is 19.9 Å². The Morgan fingerprint density at radius 1 is 1.23 bits per heavy atom. The van der Waals surface area contributed by atoms with Crippen LogP contribution in [0.1, 0.15) is 12.8 Å². The van der Waals surface area contributed by atoms with Gasteiger partial charge < -0.3 is 15.5 Å². The van der Waals surface area contributed by atoms with Crippen LogP contribution in [0.15, 0.2) is 23.5 Å². The molecular weight excluding hydrogens is 290 g/mol. The largest absolute Gasteiger partial charge is 0.370 e. The summed E-state index contributed by atoms with van der Waals surface area (Å²) in [4.78, 5) is 16.6. The lowest BCUT2D eigenvalue weighted by Gasteiger charge is -2.35. The Balaban J connectivity index is 1.53. The van der Waals surface area contributed by atoms with Gasteiger partial charge in [0.25, 0.3) is 0 Å². The van der Waals surface area contributed by atoms with Crippen molar-refractivity contribution in [3.05, 3.63) is 18.5 Å². The molecule has 2 N–H and O–H groups in total. The second-order valence-electron chi connectivity index (χ2n) is 5.86. The number of nitrogens with zero attached hydrogens (tertiary/aromatic N) is 5. The molecule has 0 spiro atoms. The van der Waals surface area contributed by atoms with Gasteiger partial charge in [0.2, 0.25) is 12.4 Å². The van der Waals surface area contributed by atoms with Crippen molar-refractivity contribution >= 4 is 11.9 Å². The molecule has 1 aliphatic carbocycles. The van der Waals surface area contributed by atoms with Gasteiger partial charge in [-0.15, -0.1) is 0 Å². The van der Waals surface area contributed by atoms with Gasteiger partial charge in [0.05, 0.1) is 12.0 Å². The topological polar surface area (TPSA) is 70.6 Å². The normalized spacial score (nSPS) is 21.3. The van der Waals surface area contributed by atoms with Crippen molar-refractivity contribution in [3.8, 4) is 0 Å². The molecule has 1 aliphatic heterocycles. The van der Waals surface area contributed by atoms with Crippen molar-refractivity contribution in [2.45, 2.75) is 19.3 Å². The number of nitrogens with two attached hydrogens (primary N) is 1. The number of halogens is 2. The summed E-state index contributed by atoms with van der Waals surface area (Å²) < 4.78 is 25.7. The first kappa shape index (κ1) is 14.9. The Kier molecular flexibility index (Phi) is 4.08. The highest BCUT2D eigenvalue weighted by molar-refractivity contribution is 5.78. The molecule has 1 saturated heterocycles. The van der Waals surface area contributed by atoms with Gasteiger partial charge in [-0.3, -0.25) is 4.99 Å². The number of piperazine rings is 1. The molecular formula is C14H20F2N6. The quantitative estimate of drug-likeness (QED) is 0.662. The third kappa shape index (κ3) is 3.10. The van der Waals surface area contributed by atoms with Crippen molar-refractivity contribution in [1.29, 1.82) is 0 Å². The molecule has 0 bridgehead atoms. The van der Waals surface area contributed by atoms with Gasteiger partial charge in [-0.05, 0) is 18.9 Å². The van der Waals surface area contributed by atoms with Gasteiger partial charge in [0.15, 0.2) is 5.96 Å². The molecule has 120 valence electrons. The van der Waals surface area contributed by atoms with E-state index in [-0.39, 0.29) is 6.54 Å². The van der Waals surface area contributed by atoms with Crippen LogP contribution in [-0.4, -0.2) is 60.0 Å². The summed E-state index contributed by atoms with van der Waals surface area (Å²) in [5, 5.41) is 0. The standard InChI is InChI=1S/C14H20F2N6/c15-11(16)14(2-3-14)10-20-12(17)21-6-8-22(9-7-21)13-18-4-1-5-19-13/h1,4-5,11H,2-3,6-10H2,(H2,17,20). The van der Waals surface area contributed by atoms with E-state index >= 15 is 0 Å². The summed E-state index contributed by atoms with van der Waals surface area (Å²) in [6.07, 6.45) is 2.20. The van der Waals surface area contributed by atoms with E-state index in [1.165, 1.54) is 0 Å². The zero-order chi connectivity index (χ0) is 15.6. The van der Waals surface area contributed by atoms with E-state index in [1.807, 2.05) is 4.90 Å². The monoisotopic (exact) mass is 310 g/mol. The molecule has 0 aromatic carbocycles. The van der Waals surface area contributed by atoms with Crippen LogP contribution in [0.4, 0.5) is 14.7 Å². The average molecular weight is 310 g/mol. The first-order valence-corrected chi connectivity index (χ1v) is 7.46. The van der Waals surface area contributed by atoms with Crippen LogP contribution in [-0.2, 0) is 0 Å². The smallest absolute Gasteiger partial charge is 0.245 e. The highest BCUT2D eigenvalue weighted by Gasteiger charge is 2.51. The molecule has 2 fully saturated rings. The number of aromatic nitrogens is 2. The highest BCUT2D eigenvalue weighted by atomic mass is 19.3. The number of guanidine groups is 1. The summed E-state index contributed by atoms with van der Waals surface area (Å²) in [7, 11) is 0. The number of hydrogen-bond donors (Lipinski definition) is 1. The molecule has 0 radical (unpaired) electrons. The number of aliphatic imine (C=N–C) groups is 1. The third-order valence-electron chi connectivity index (χ3n) is 4.35. The van der Waals surface area contributed by atoms with Gasteiger partial charge in [0.1, 0.15) is 0 Å². The van der Waals surface area contributed by atoms with Gasteiger partial charge in [-0.25, -0.2) is 18.7 Å². The maximum atomic E-state index is 12.9. The molecule has 0 amide bonds. The van der Waals surface area contributed by atoms with Crippen LogP contribution in [0.2, 0.25) is 0 Å². The number of alkyl halides is 2. The lowest BCUT2D eigenvalue weighted by molar-refractivity contribution is 0.0665. The van der Waals surface area contributed by atoms with E-state index in [1.54, 1.807) is 18.5 Å². The fourth-order valence-corrected chi connectivity index (χ4v) is 2.53. The molecule has 2 heterocycles. The van der Waals surface area contributed by atoms with Crippen LogP contribution in [0, 0.1) is 5.41 Å². The van der Waals surface area contributed by atoms with Gasteiger partial charge in [-0.1, -0.05) is 0 Å². The van der Waals surface area contributed by atoms with Crippen LogP contribution >= 0.6 is 0 Å². The van der Waals surface area contributed by atoms with Crippen LogP contribution in [0.25, 0.3) is 0 Å². The molecule has 3 rings (SSSR count). The third-order valence-corrected chi connectivity index (χ3v) is 4.35. The first-order valence-electron chi connectivity index (χ1n) is 7.46. The molecule has 0 unspecified atom stereocenters. The Morgan fingerprint density at radius 3 is 2.41 bits per heavy atom. The second-order valence-corrected chi connectivity index (χ2v) is 5.86. The van der Waals surface area contributed by atoms with Crippen molar-refractivity contribution in [2.75, 3.05) is 37.6 Å². The molecule has 1 saturated carbocycles. The lowest BCUT2D eigenvalue weighted by atomic mass is 10.1. The van der Waals surface area contributed by atoms with E-state index in [0.717, 1.165) is 13.1 Å². The SMILES string of the molecule is NC(=NCC1(C(F)F)CC1)N1CCN(c2ncccn2)CC1. The van der Waals surface area contributed by atoms with E-state index < -0.39 is 11.8 Å². The van der Waals surface area contributed by atoms with E-state index in [0.29, 0.717) is 37.8 Å². The molecule has 1 aromatic heterocycles. The molecule has 6 nitrogen and oxygen atoms in total. The van der Waals surface area contributed by atoms with E-state index in [4.69, 9.17) is 5.73 Å². The predicted octanol–water partition coefficient (Wildman–Crippen LogP) is 0.959. The van der Waals surface area contributed by atoms with Crippen LogP contribution in [0.5, 0.6) is 0 Å². The molecule has 8 heteroatoms. The molecule has 2 aliphatic rings. The minimum Gasteiger partial charge on any atom is -0.370 e. The van der Waals surface area contributed by atoms with Gasteiger partial charge >= 0.3 is 0 Å². The van der Waals surface area contributed by atoms with Crippen molar-refractivity contribution < 1.29 is 8.78 Å². The minimum atomic E-state index is -2.31. The van der Waals surface area contributed by atoms with Crippen LogP contribution in [0.3, 0.4) is 0 Å². The number of rotatable bonds is 4. The summed E-state index contributed by atoms with van der Waals surface area (Å²) >= 11 is 0. The van der Waals surface area contributed by atoms with Crippen LogP contribution < -0.4 is 10.6 Å². The summed E-state index contributed by atoms with van der Waals surface area (Å²) in [6, 6.07) is 1.78. The van der Waals surface area contributed by atoms with Gasteiger partial charge in [-0.2, -0.15) is 0 Å². The molecule has 22 heavy (non-hydrogen) atoms. The maximum Gasteiger partial charge on any atom is 0.245 e. The Hall–Kier alpha value is -1.99. The highest BCUT2D eigenvalue weighted by Crippen LogP contribution is 2.50. The van der Waals surface area contributed by atoms with Gasteiger partial charge in [0, 0.05) is 38.6 Å².